The van der Waals surface area contributed by atoms with E-state index in [1.807, 2.05) is 30.9 Å². The van der Waals surface area contributed by atoms with Gasteiger partial charge in [0.1, 0.15) is 5.76 Å². The zero-order valence-electron chi connectivity index (χ0n) is 11.7. The number of para-hydroxylation sites is 1. The fourth-order valence-electron chi connectivity index (χ4n) is 2.91. The third-order valence-corrected chi connectivity index (χ3v) is 5.17. The van der Waals surface area contributed by atoms with Gasteiger partial charge in [-0.05, 0) is 55.9 Å². The van der Waals surface area contributed by atoms with Crippen molar-refractivity contribution in [2.24, 2.45) is 5.92 Å². The standard InChI is InChI=1S/C16H20FNOS/c1-18-14(9-11-5-7-20-8-6-11)15-10-12-3-2-4-13(17)16(12)19-15/h2-4,10-11,14,18H,5-9H2,1H3. The molecule has 1 atom stereocenters. The molecule has 4 heteroatoms. The van der Waals surface area contributed by atoms with Crippen LogP contribution in [0.5, 0.6) is 0 Å². The van der Waals surface area contributed by atoms with Gasteiger partial charge in [-0.1, -0.05) is 12.1 Å². The van der Waals surface area contributed by atoms with Crippen LogP contribution in [0.1, 0.15) is 31.1 Å². The highest BCUT2D eigenvalue weighted by Gasteiger charge is 2.22. The molecule has 3 rings (SSSR count). The third-order valence-electron chi connectivity index (χ3n) is 4.12. The van der Waals surface area contributed by atoms with Gasteiger partial charge in [-0.2, -0.15) is 11.8 Å². The van der Waals surface area contributed by atoms with Crippen molar-refractivity contribution in [2.75, 3.05) is 18.6 Å². The van der Waals surface area contributed by atoms with Crippen LogP contribution in [-0.4, -0.2) is 18.6 Å². The number of rotatable bonds is 4. The van der Waals surface area contributed by atoms with Gasteiger partial charge in [0.15, 0.2) is 11.4 Å². The van der Waals surface area contributed by atoms with Crippen molar-refractivity contribution < 1.29 is 8.81 Å². The van der Waals surface area contributed by atoms with Crippen LogP contribution < -0.4 is 5.32 Å². The largest absolute Gasteiger partial charge is 0.456 e. The lowest BCUT2D eigenvalue weighted by molar-refractivity contribution is 0.345. The summed E-state index contributed by atoms with van der Waals surface area (Å²) in [5, 5.41) is 4.17. The zero-order chi connectivity index (χ0) is 13.9. The van der Waals surface area contributed by atoms with E-state index in [0.29, 0.717) is 5.58 Å². The molecule has 2 heterocycles. The minimum atomic E-state index is -0.280. The Kier molecular flexibility index (Phi) is 4.32. The molecule has 0 spiro atoms. The summed E-state index contributed by atoms with van der Waals surface area (Å²) < 4.78 is 19.5. The number of hydrogen-bond acceptors (Lipinski definition) is 3. The van der Waals surface area contributed by atoms with Crippen molar-refractivity contribution in [3.8, 4) is 0 Å². The van der Waals surface area contributed by atoms with Crippen molar-refractivity contribution in [3.05, 3.63) is 35.8 Å². The fraction of sp³-hybridized carbons (Fsp3) is 0.500. The summed E-state index contributed by atoms with van der Waals surface area (Å²) in [6.45, 7) is 0. The SMILES string of the molecule is CNC(CC1CCSCC1)c1cc2cccc(F)c2o1. The number of hydrogen-bond donors (Lipinski definition) is 1. The summed E-state index contributed by atoms with van der Waals surface area (Å²) in [6, 6.07) is 7.22. The van der Waals surface area contributed by atoms with E-state index in [0.717, 1.165) is 23.5 Å². The second-order valence-corrected chi connectivity index (χ2v) is 6.66. The molecule has 1 saturated heterocycles. The number of nitrogens with one attached hydrogen (secondary N) is 1. The van der Waals surface area contributed by atoms with Gasteiger partial charge in [-0.3, -0.25) is 0 Å². The fourth-order valence-corrected chi connectivity index (χ4v) is 4.11. The zero-order valence-corrected chi connectivity index (χ0v) is 12.5. The summed E-state index contributed by atoms with van der Waals surface area (Å²) in [4.78, 5) is 0. The van der Waals surface area contributed by atoms with E-state index in [1.165, 1.54) is 30.4 Å². The summed E-state index contributed by atoms with van der Waals surface area (Å²) in [5.74, 6) is 3.83. The van der Waals surface area contributed by atoms with Crippen LogP contribution in [0.2, 0.25) is 0 Å². The second-order valence-electron chi connectivity index (χ2n) is 5.44. The predicted octanol–water partition coefficient (Wildman–Crippen LogP) is 4.37. The Morgan fingerprint density at radius 2 is 2.20 bits per heavy atom. The first kappa shape index (κ1) is 14.0. The molecule has 2 aromatic rings. The maximum atomic E-state index is 13.7. The van der Waals surface area contributed by atoms with Crippen molar-refractivity contribution >= 4 is 22.7 Å². The van der Waals surface area contributed by atoms with Gasteiger partial charge >= 0.3 is 0 Å². The highest BCUT2D eigenvalue weighted by atomic mass is 32.2. The topological polar surface area (TPSA) is 25.2 Å². The first-order valence-corrected chi connectivity index (χ1v) is 8.36. The molecule has 20 heavy (non-hydrogen) atoms. The van der Waals surface area contributed by atoms with Gasteiger partial charge in [0.05, 0.1) is 6.04 Å². The van der Waals surface area contributed by atoms with Gasteiger partial charge in [0.25, 0.3) is 0 Å². The molecule has 108 valence electrons. The van der Waals surface area contributed by atoms with Crippen molar-refractivity contribution in [1.29, 1.82) is 0 Å². The summed E-state index contributed by atoms with van der Waals surface area (Å²) in [7, 11) is 1.95. The smallest absolute Gasteiger partial charge is 0.169 e. The van der Waals surface area contributed by atoms with Crippen LogP contribution in [0, 0.1) is 11.7 Å². The Morgan fingerprint density at radius 1 is 1.40 bits per heavy atom. The Morgan fingerprint density at radius 3 is 2.90 bits per heavy atom. The molecule has 0 amide bonds. The van der Waals surface area contributed by atoms with Crippen molar-refractivity contribution in [2.45, 2.75) is 25.3 Å². The quantitative estimate of drug-likeness (QED) is 0.906. The van der Waals surface area contributed by atoms with Crippen LogP contribution in [-0.2, 0) is 0 Å². The minimum absolute atomic E-state index is 0.176. The number of fused-ring (bicyclic) bond motifs is 1. The van der Waals surface area contributed by atoms with Crippen LogP contribution in [0.25, 0.3) is 11.0 Å². The first-order valence-electron chi connectivity index (χ1n) is 7.21. The lowest BCUT2D eigenvalue weighted by atomic mass is 9.93. The lowest BCUT2D eigenvalue weighted by Crippen LogP contribution is -2.21. The molecular formula is C16H20FNOS. The van der Waals surface area contributed by atoms with Crippen LogP contribution in [0.15, 0.2) is 28.7 Å². The van der Waals surface area contributed by atoms with E-state index in [1.54, 1.807) is 6.07 Å². The molecule has 1 aliphatic rings. The first-order chi connectivity index (χ1) is 9.78. The summed E-state index contributed by atoms with van der Waals surface area (Å²) in [6.07, 6.45) is 3.62. The predicted molar refractivity (Wildman–Crippen MR) is 82.6 cm³/mol. The average Bonchev–Trinajstić information content (AvgIpc) is 2.91. The molecule has 1 aromatic carbocycles. The number of halogens is 1. The van der Waals surface area contributed by atoms with E-state index in [-0.39, 0.29) is 11.9 Å². The van der Waals surface area contributed by atoms with E-state index >= 15 is 0 Å². The number of thioether (sulfide) groups is 1. The summed E-state index contributed by atoms with van der Waals surface area (Å²) in [5.41, 5.74) is 0.377. The maximum absolute atomic E-state index is 13.7. The molecular weight excluding hydrogens is 273 g/mol. The summed E-state index contributed by atoms with van der Waals surface area (Å²) >= 11 is 2.04. The normalized spacial score (nSPS) is 18.5. The Balaban J connectivity index is 1.81. The van der Waals surface area contributed by atoms with Crippen molar-refractivity contribution in [3.63, 3.8) is 0 Å². The third kappa shape index (κ3) is 2.86. The molecule has 0 aliphatic carbocycles. The van der Waals surface area contributed by atoms with Crippen molar-refractivity contribution in [1.82, 2.24) is 5.32 Å². The molecule has 1 N–H and O–H groups in total. The number of benzene rings is 1. The maximum Gasteiger partial charge on any atom is 0.169 e. The molecule has 0 bridgehead atoms. The molecule has 0 radical (unpaired) electrons. The van der Waals surface area contributed by atoms with Gasteiger partial charge < -0.3 is 9.73 Å². The van der Waals surface area contributed by atoms with Gasteiger partial charge in [-0.25, -0.2) is 4.39 Å². The van der Waals surface area contributed by atoms with Gasteiger partial charge in [-0.15, -0.1) is 0 Å². The monoisotopic (exact) mass is 293 g/mol. The van der Waals surface area contributed by atoms with Gasteiger partial charge in [0.2, 0.25) is 0 Å². The van der Waals surface area contributed by atoms with E-state index in [4.69, 9.17) is 4.42 Å². The Bertz CT molecular complexity index is 577. The van der Waals surface area contributed by atoms with Crippen LogP contribution >= 0.6 is 11.8 Å². The van der Waals surface area contributed by atoms with E-state index in [9.17, 15) is 4.39 Å². The highest BCUT2D eigenvalue weighted by Crippen LogP contribution is 2.33. The van der Waals surface area contributed by atoms with E-state index < -0.39 is 0 Å². The van der Waals surface area contributed by atoms with Gasteiger partial charge in [0, 0.05) is 5.39 Å². The Labute approximate surface area is 123 Å². The van der Waals surface area contributed by atoms with Crippen LogP contribution in [0.3, 0.4) is 0 Å². The van der Waals surface area contributed by atoms with E-state index in [2.05, 4.69) is 5.32 Å². The molecule has 2 nitrogen and oxygen atoms in total. The second kappa shape index (κ2) is 6.19. The Hall–Kier alpha value is -1.00. The molecule has 1 unspecified atom stereocenters. The molecule has 1 aromatic heterocycles. The molecule has 0 saturated carbocycles. The lowest BCUT2D eigenvalue weighted by Gasteiger charge is -2.25. The van der Waals surface area contributed by atoms with Crippen LogP contribution in [0.4, 0.5) is 4.39 Å². The molecule has 1 aliphatic heterocycles. The highest BCUT2D eigenvalue weighted by molar-refractivity contribution is 7.99. The molecule has 1 fully saturated rings. The average molecular weight is 293 g/mol. The number of furan rings is 1. The minimum Gasteiger partial charge on any atom is -0.456 e.